The molecular formula is C24H27N5O4S. The summed E-state index contributed by atoms with van der Waals surface area (Å²) < 4.78 is 11.0. The maximum atomic E-state index is 12.7. The van der Waals surface area contributed by atoms with E-state index in [4.69, 9.17) is 9.47 Å². The lowest BCUT2D eigenvalue weighted by atomic mass is 9.98. The third-order valence-corrected chi connectivity index (χ3v) is 6.24. The summed E-state index contributed by atoms with van der Waals surface area (Å²) in [6, 6.07) is 15.8. The summed E-state index contributed by atoms with van der Waals surface area (Å²) in [6.45, 7) is 5.59. The fourth-order valence-electron chi connectivity index (χ4n) is 3.93. The second kappa shape index (κ2) is 10.3. The van der Waals surface area contributed by atoms with Crippen molar-refractivity contribution in [2.24, 2.45) is 0 Å². The molecule has 1 heterocycles. The lowest BCUT2D eigenvalue weighted by molar-refractivity contribution is -0.155. The Labute approximate surface area is 202 Å². The molecule has 0 aliphatic heterocycles. The minimum absolute atomic E-state index is 0.00762. The van der Waals surface area contributed by atoms with E-state index in [9.17, 15) is 9.59 Å². The molecule has 2 N–H and O–H groups in total. The number of carbonyl (C=O) groups excluding carboxylic acids is 2. The van der Waals surface area contributed by atoms with E-state index in [1.54, 1.807) is 20.8 Å². The van der Waals surface area contributed by atoms with Crippen molar-refractivity contribution in [1.29, 1.82) is 0 Å². The molecule has 0 spiro atoms. The van der Waals surface area contributed by atoms with Gasteiger partial charge in [-0.15, -0.1) is 10.2 Å². The van der Waals surface area contributed by atoms with E-state index >= 15 is 0 Å². The van der Waals surface area contributed by atoms with Crippen LogP contribution in [0.1, 0.15) is 44.2 Å². The Morgan fingerprint density at radius 3 is 2.32 bits per heavy atom. The fraction of sp³-hybridized carbons (Fsp3) is 0.375. The molecule has 0 unspecified atom stereocenters. The molecule has 1 amide bonds. The molecule has 2 aromatic carbocycles. The highest BCUT2D eigenvalue weighted by Crippen LogP contribution is 2.44. The summed E-state index contributed by atoms with van der Waals surface area (Å²) in [5.74, 6) is -0.107. The largest absolute Gasteiger partial charge is 0.460 e. The molecule has 178 valence electrons. The van der Waals surface area contributed by atoms with Crippen LogP contribution in [0, 0.1) is 0 Å². The van der Waals surface area contributed by atoms with Gasteiger partial charge in [-0.3, -0.25) is 4.79 Å². The molecule has 4 rings (SSSR count). The van der Waals surface area contributed by atoms with E-state index in [1.807, 2.05) is 24.3 Å². The number of hydrogen-bond acceptors (Lipinski definition) is 8. The van der Waals surface area contributed by atoms with Gasteiger partial charge in [-0.05, 0) is 48.2 Å². The van der Waals surface area contributed by atoms with Crippen molar-refractivity contribution in [3.05, 3.63) is 59.7 Å². The first-order valence-electron chi connectivity index (χ1n) is 11.0. The lowest BCUT2D eigenvalue weighted by Gasteiger charge is -2.23. The van der Waals surface area contributed by atoms with Crippen LogP contribution in [-0.4, -0.2) is 56.7 Å². The van der Waals surface area contributed by atoms with Crippen molar-refractivity contribution in [2.45, 2.75) is 49.9 Å². The molecule has 0 saturated carbocycles. The average molecular weight is 482 g/mol. The first kappa shape index (κ1) is 23.7. The quantitative estimate of drug-likeness (QED) is 0.367. The maximum Gasteiger partial charge on any atom is 0.407 e. The van der Waals surface area contributed by atoms with Gasteiger partial charge in [0.2, 0.25) is 5.16 Å². The number of fused-ring (bicyclic) bond motifs is 3. The van der Waals surface area contributed by atoms with Crippen LogP contribution in [0.25, 0.3) is 11.1 Å². The third-order valence-electron chi connectivity index (χ3n) is 5.24. The number of aromatic nitrogens is 4. The van der Waals surface area contributed by atoms with Gasteiger partial charge in [0.25, 0.3) is 0 Å². The Morgan fingerprint density at radius 1 is 1.09 bits per heavy atom. The Hall–Kier alpha value is -3.40. The number of H-pyrrole nitrogens is 1. The van der Waals surface area contributed by atoms with Crippen molar-refractivity contribution < 1.29 is 19.1 Å². The van der Waals surface area contributed by atoms with E-state index in [2.05, 4.69) is 50.2 Å². The number of thioether (sulfide) groups is 1. The van der Waals surface area contributed by atoms with Crippen molar-refractivity contribution >= 4 is 23.8 Å². The van der Waals surface area contributed by atoms with Gasteiger partial charge in [0.15, 0.2) is 0 Å². The molecule has 0 radical (unpaired) electrons. The second-order valence-electron chi connectivity index (χ2n) is 8.96. The number of alkyl carbamates (subject to hydrolysis) is 1. The first-order chi connectivity index (χ1) is 16.3. The second-order valence-corrected chi connectivity index (χ2v) is 9.95. The fourth-order valence-corrected chi connectivity index (χ4v) is 4.69. The van der Waals surface area contributed by atoms with Gasteiger partial charge in [0.1, 0.15) is 12.2 Å². The van der Waals surface area contributed by atoms with E-state index in [0.717, 1.165) is 22.3 Å². The van der Waals surface area contributed by atoms with Crippen LogP contribution in [0.2, 0.25) is 0 Å². The van der Waals surface area contributed by atoms with Crippen molar-refractivity contribution in [2.75, 3.05) is 12.4 Å². The van der Waals surface area contributed by atoms with Gasteiger partial charge in [0.05, 0.1) is 12.5 Å². The number of tetrazole rings is 1. The van der Waals surface area contributed by atoms with E-state index in [-0.39, 0.29) is 18.9 Å². The molecule has 1 atom stereocenters. The number of amides is 1. The Balaban J connectivity index is 1.39. The van der Waals surface area contributed by atoms with Gasteiger partial charge < -0.3 is 14.8 Å². The van der Waals surface area contributed by atoms with Crippen molar-refractivity contribution in [3.8, 4) is 11.1 Å². The number of hydrogen-bond donors (Lipinski definition) is 2. The molecule has 0 saturated heterocycles. The van der Waals surface area contributed by atoms with E-state index in [0.29, 0.717) is 10.9 Å². The molecule has 10 heteroatoms. The van der Waals surface area contributed by atoms with Gasteiger partial charge in [-0.25, -0.2) is 4.79 Å². The molecule has 0 fully saturated rings. The first-order valence-corrected chi connectivity index (χ1v) is 12.0. The Morgan fingerprint density at radius 2 is 1.74 bits per heavy atom. The number of nitrogens with zero attached hydrogens (tertiary/aromatic N) is 3. The van der Waals surface area contributed by atoms with Crippen LogP contribution in [0.5, 0.6) is 0 Å². The number of benzene rings is 2. The minimum atomic E-state index is -0.619. The predicted molar refractivity (Wildman–Crippen MR) is 127 cm³/mol. The Kier molecular flexibility index (Phi) is 7.16. The normalized spacial score (nSPS) is 13.6. The van der Waals surface area contributed by atoms with Crippen LogP contribution in [-0.2, 0) is 14.3 Å². The zero-order chi connectivity index (χ0) is 24.1. The highest BCUT2D eigenvalue weighted by Gasteiger charge is 2.29. The summed E-state index contributed by atoms with van der Waals surface area (Å²) in [4.78, 5) is 25.1. The van der Waals surface area contributed by atoms with Crippen LogP contribution in [0.4, 0.5) is 4.79 Å². The highest BCUT2D eigenvalue weighted by atomic mass is 32.2. The van der Waals surface area contributed by atoms with E-state index in [1.165, 1.54) is 11.8 Å². The number of carbonyl (C=O) groups is 2. The number of ether oxygens (including phenoxy) is 2. The van der Waals surface area contributed by atoms with Gasteiger partial charge in [-0.2, -0.15) is 5.21 Å². The molecule has 1 aliphatic carbocycles. The molecule has 34 heavy (non-hydrogen) atoms. The number of esters is 1. The topological polar surface area (TPSA) is 119 Å². The summed E-state index contributed by atoms with van der Waals surface area (Å²) in [5, 5.41) is 16.9. The molecule has 3 aromatic rings. The summed E-state index contributed by atoms with van der Waals surface area (Å²) >= 11 is 1.27. The van der Waals surface area contributed by atoms with Gasteiger partial charge >= 0.3 is 12.1 Å². The van der Waals surface area contributed by atoms with Crippen molar-refractivity contribution in [1.82, 2.24) is 25.9 Å². The number of aromatic amines is 1. The van der Waals surface area contributed by atoms with E-state index < -0.39 is 23.7 Å². The minimum Gasteiger partial charge on any atom is -0.460 e. The zero-order valence-electron chi connectivity index (χ0n) is 19.3. The molecule has 1 aromatic heterocycles. The lowest BCUT2D eigenvalue weighted by Crippen LogP contribution is -2.40. The zero-order valence-corrected chi connectivity index (χ0v) is 20.1. The molecular weight excluding hydrogens is 454 g/mol. The average Bonchev–Trinajstić information content (AvgIpc) is 3.41. The summed E-state index contributed by atoms with van der Waals surface area (Å²) in [7, 11) is 0. The summed E-state index contributed by atoms with van der Waals surface area (Å²) in [6.07, 6.45) is -0.601. The van der Waals surface area contributed by atoms with Crippen molar-refractivity contribution in [3.63, 3.8) is 0 Å². The standard InChI is InChI=1S/C24H27N5O4S/c1-24(2,3)33-21(30)12-15(14-34-22-26-28-29-27-22)25-23(31)32-13-20-18-10-6-4-8-16(18)17-9-5-7-11-19(17)20/h4-11,15,20H,12-14H2,1-3H3,(H,25,31)(H,26,27,28,29)/t15-/m0/s1. The van der Waals surface area contributed by atoms with Crippen LogP contribution >= 0.6 is 11.8 Å². The SMILES string of the molecule is CC(C)(C)OC(=O)C[C@@H](CSc1nn[nH]n1)NC(=O)OCC1c2ccccc2-c2ccccc21. The van der Waals surface area contributed by atoms with Crippen LogP contribution < -0.4 is 5.32 Å². The highest BCUT2D eigenvalue weighted by molar-refractivity contribution is 7.99. The number of rotatable bonds is 8. The smallest absolute Gasteiger partial charge is 0.407 e. The Bertz CT molecular complexity index is 1100. The molecule has 0 bridgehead atoms. The van der Waals surface area contributed by atoms with Crippen LogP contribution in [0.15, 0.2) is 53.7 Å². The predicted octanol–water partition coefficient (Wildman–Crippen LogP) is 3.93. The van der Waals surface area contributed by atoms with Crippen LogP contribution in [0.3, 0.4) is 0 Å². The monoisotopic (exact) mass is 481 g/mol. The van der Waals surface area contributed by atoms with Gasteiger partial charge in [0, 0.05) is 11.7 Å². The summed E-state index contributed by atoms with van der Waals surface area (Å²) in [5.41, 5.74) is 3.97. The van der Waals surface area contributed by atoms with Gasteiger partial charge in [-0.1, -0.05) is 60.3 Å². The third kappa shape index (κ3) is 5.93. The molecule has 9 nitrogen and oxygen atoms in total. The number of nitrogens with one attached hydrogen (secondary N) is 2. The maximum absolute atomic E-state index is 12.7. The molecule has 1 aliphatic rings.